The molecule has 3 saturated carbocycles. The van der Waals surface area contributed by atoms with Gasteiger partial charge in [-0.25, -0.2) is 4.39 Å². The summed E-state index contributed by atoms with van der Waals surface area (Å²) in [5, 5.41) is 3.56. The van der Waals surface area contributed by atoms with Gasteiger partial charge in [0.25, 0.3) is 5.91 Å². The van der Waals surface area contributed by atoms with Crippen LogP contribution in [0.25, 0.3) is 0 Å². The largest absolute Gasteiger partial charge is 0.379 e. The average Bonchev–Trinajstić information content (AvgIpc) is 3.48. The van der Waals surface area contributed by atoms with Crippen molar-refractivity contribution in [1.29, 1.82) is 0 Å². The molecule has 4 aliphatic heterocycles. The lowest BCUT2D eigenvalue weighted by molar-refractivity contribution is -0.209. The van der Waals surface area contributed by atoms with Crippen LogP contribution in [0.15, 0.2) is 36.2 Å². The fourth-order valence-corrected chi connectivity index (χ4v) is 10.2. The van der Waals surface area contributed by atoms with Crippen LogP contribution in [0.5, 0.6) is 0 Å². The maximum absolute atomic E-state index is 16.3. The van der Waals surface area contributed by atoms with Gasteiger partial charge in [0.05, 0.1) is 61.3 Å². The summed E-state index contributed by atoms with van der Waals surface area (Å²) in [6.45, 7) is 5.47. The second kappa shape index (κ2) is 14.1. The topological polar surface area (TPSA) is 96.5 Å². The van der Waals surface area contributed by atoms with Crippen molar-refractivity contribution < 1.29 is 28.2 Å². The lowest BCUT2D eigenvalue weighted by Crippen LogP contribution is -2.73. The Morgan fingerprint density at radius 1 is 1.06 bits per heavy atom. The fourth-order valence-electron chi connectivity index (χ4n) is 10.2. The van der Waals surface area contributed by atoms with Crippen molar-refractivity contribution in [1.82, 2.24) is 25.0 Å². The van der Waals surface area contributed by atoms with Crippen molar-refractivity contribution >= 4 is 11.7 Å². The number of hydrogen-bond acceptors (Lipinski definition) is 9. The second-order valence-electron chi connectivity index (χ2n) is 15.3. The molecule has 7 aliphatic rings. The summed E-state index contributed by atoms with van der Waals surface area (Å²) >= 11 is 0. The van der Waals surface area contributed by atoms with Gasteiger partial charge in [-0.3, -0.25) is 19.5 Å². The molecule has 262 valence electrons. The Morgan fingerprint density at radius 2 is 1.92 bits per heavy atom. The summed E-state index contributed by atoms with van der Waals surface area (Å²) in [6.07, 6.45) is 10.4. The van der Waals surface area contributed by atoms with Crippen molar-refractivity contribution in [2.75, 3.05) is 53.0 Å². The molecular weight excluding hydrogens is 613 g/mol. The normalized spacial score (nSPS) is 39.1. The number of rotatable bonds is 9. The smallest absolute Gasteiger partial charge is 0.258 e. The number of fused-ring (bicyclic) bond motifs is 5. The van der Waals surface area contributed by atoms with E-state index >= 15 is 4.39 Å². The standard InChI is InChI=1S/C37H52FN5O5/c1-41(14-10-23-7-4-5-11-39-23)37(45)27-22-43-29-21-31-25(24-8-2-3-9-30(24)47-31)20-32(29)48-36-33(28(38)19-26(34(36)43)35(27)44)40-12-6-13-42-15-17-46-18-16-42/h4-5,7,11,22,24-26,28-34,36,40H,2-3,6,8-10,12-21H2,1H3. The number of halogens is 1. The summed E-state index contributed by atoms with van der Waals surface area (Å²) in [4.78, 5) is 38.8. The van der Waals surface area contributed by atoms with E-state index in [1.54, 1.807) is 18.1 Å². The Hall–Kier alpha value is -2.44. The number of nitrogens with one attached hydrogen (secondary N) is 1. The molecule has 5 heterocycles. The Morgan fingerprint density at radius 3 is 2.75 bits per heavy atom. The van der Waals surface area contributed by atoms with E-state index in [4.69, 9.17) is 14.2 Å². The predicted molar refractivity (Wildman–Crippen MR) is 177 cm³/mol. The van der Waals surface area contributed by atoms with Gasteiger partial charge in [0, 0.05) is 57.1 Å². The van der Waals surface area contributed by atoms with E-state index in [9.17, 15) is 9.59 Å². The van der Waals surface area contributed by atoms with Crippen LogP contribution in [0.3, 0.4) is 0 Å². The molecular formula is C37H52FN5O5. The van der Waals surface area contributed by atoms with Gasteiger partial charge in [-0.2, -0.15) is 0 Å². The van der Waals surface area contributed by atoms with E-state index < -0.39 is 24.2 Å². The first kappa shape index (κ1) is 32.7. The number of ether oxygens (including phenoxy) is 3. The summed E-state index contributed by atoms with van der Waals surface area (Å²) in [5.74, 6) is -0.164. The number of carbonyl (C=O) groups is 2. The van der Waals surface area contributed by atoms with Crippen LogP contribution in [-0.2, 0) is 30.2 Å². The molecule has 0 radical (unpaired) electrons. The van der Waals surface area contributed by atoms with Gasteiger partial charge in [-0.15, -0.1) is 0 Å². The third-order valence-corrected chi connectivity index (χ3v) is 12.6. The number of morpholine rings is 2. The van der Waals surface area contributed by atoms with Gasteiger partial charge in [0.1, 0.15) is 6.17 Å². The molecule has 11 atom stereocenters. The first-order chi connectivity index (χ1) is 23.5. The summed E-state index contributed by atoms with van der Waals surface area (Å²) in [5.41, 5.74) is 1.07. The predicted octanol–water partition coefficient (Wildman–Crippen LogP) is 2.76. The third kappa shape index (κ3) is 6.23. The maximum atomic E-state index is 16.3. The number of aromatic nitrogens is 1. The molecule has 10 nitrogen and oxygen atoms in total. The number of ketones is 1. The molecule has 0 aromatic carbocycles. The van der Waals surface area contributed by atoms with Crippen molar-refractivity contribution in [3.8, 4) is 0 Å². The number of amides is 1. The van der Waals surface area contributed by atoms with Gasteiger partial charge in [0.2, 0.25) is 0 Å². The molecule has 11 unspecified atom stereocenters. The Kier molecular flexibility index (Phi) is 9.59. The van der Waals surface area contributed by atoms with Gasteiger partial charge in [-0.05, 0) is 75.6 Å². The maximum Gasteiger partial charge on any atom is 0.258 e. The minimum atomic E-state index is -1.24. The number of pyridine rings is 1. The van der Waals surface area contributed by atoms with Crippen LogP contribution in [0, 0.1) is 17.8 Å². The van der Waals surface area contributed by atoms with Crippen LogP contribution in [-0.4, -0.2) is 133 Å². The highest BCUT2D eigenvalue weighted by atomic mass is 19.1. The SMILES string of the molecule is CN(CCc1ccccn1)C(=O)C1=CN2C3CC4OC5CCCCC5C4CC3OC3C(NCCCN4CCOCC4)C(F)CC(C1=O)C32. The number of hydrogen-bond donors (Lipinski definition) is 1. The molecule has 48 heavy (non-hydrogen) atoms. The zero-order valence-electron chi connectivity index (χ0n) is 28.3. The monoisotopic (exact) mass is 665 g/mol. The lowest BCUT2D eigenvalue weighted by atomic mass is 9.67. The molecule has 6 fully saturated rings. The van der Waals surface area contributed by atoms with Crippen LogP contribution >= 0.6 is 0 Å². The van der Waals surface area contributed by atoms with E-state index in [-0.39, 0.29) is 48.0 Å². The minimum absolute atomic E-state index is 0.0111. The third-order valence-electron chi connectivity index (χ3n) is 12.6. The molecule has 11 heteroatoms. The van der Waals surface area contributed by atoms with Crippen molar-refractivity contribution in [3.05, 3.63) is 41.9 Å². The fraction of sp³-hybridized carbons (Fsp3) is 0.757. The molecule has 1 aromatic rings. The molecule has 1 N–H and O–H groups in total. The van der Waals surface area contributed by atoms with Crippen LogP contribution in [0.1, 0.15) is 57.1 Å². The number of carbonyl (C=O) groups excluding carboxylic acids is 2. The summed E-state index contributed by atoms with van der Waals surface area (Å²) in [7, 11) is 1.74. The molecule has 0 bridgehead atoms. The summed E-state index contributed by atoms with van der Waals surface area (Å²) < 4.78 is 35.6. The second-order valence-corrected chi connectivity index (χ2v) is 15.3. The molecule has 1 aromatic heterocycles. The zero-order valence-corrected chi connectivity index (χ0v) is 28.3. The highest BCUT2D eigenvalue weighted by Crippen LogP contribution is 2.52. The lowest BCUT2D eigenvalue weighted by Gasteiger charge is -2.60. The van der Waals surface area contributed by atoms with E-state index in [1.165, 1.54) is 19.3 Å². The van der Waals surface area contributed by atoms with Crippen LogP contribution in [0.2, 0.25) is 0 Å². The van der Waals surface area contributed by atoms with Gasteiger partial charge < -0.3 is 29.3 Å². The Labute approximate surface area is 283 Å². The quantitative estimate of drug-likeness (QED) is 0.316. The number of Topliss-reactive ketones (excluding diaryl/α,β-unsaturated/α-hetero) is 1. The van der Waals surface area contributed by atoms with E-state index in [2.05, 4.69) is 20.1 Å². The Bertz CT molecular complexity index is 1340. The van der Waals surface area contributed by atoms with Gasteiger partial charge >= 0.3 is 0 Å². The first-order valence-electron chi connectivity index (χ1n) is 18.6. The van der Waals surface area contributed by atoms with Crippen molar-refractivity contribution in [2.45, 2.75) is 107 Å². The van der Waals surface area contributed by atoms with E-state index in [0.29, 0.717) is 37.5 Å². The highest BCUT2D eigenvalue weighted by Gasteiger charge is 2.61. The number of nitrogens with zero attached hydrogens (tertiary/aromatic N) is 4. The van der Waals surface area contributed by atoms with E-state index in [0.717, 1.165) is 64.2 Å². The number of alkyl halides is 1. The average molecular weight is 666 g/mol. The van der Waals surface area contributed by atoms with Crippen LogP contribution in [0.4, 0.5) is 4.39 Å². The first-order valence-corrected chi connectivity index (χ1v) is 18.6. The number of likely N-dealkylation sites (N-methyl/N-ethyl adjacent to an activating group) is 1. The van der Waals surface area contributed by atoms with E-state index in [1.807, 2.05) is 24.4 Å². The minimum Gasteiger partial charge on any atom is -0.379 e. The summed E-state index contributed by atoms with van der Waals surface area (Å²) in [6, 6.07) is 4.92. The molecule has 1 amide bonds. The van der Waals surface area contributed by atoms with Crippen LogP contribution < -0.4 is 5.32 Å². The van der Waals surface area contributed by atoms with Gasteiger partial charge in [0.15, 0.2) is 5.78 Å². The highest BCUT2D eigenvalue weighted by molar-refractivity contribution is 6.20. The van der Waals surface area contributed by atoms with Gasteiger partial charge in [-0.1, -0.05) is 18.9 Å². The van der Waals surface area contributed by atoms with Crippen molar-refractivity contribution in [3.63, 3.8) is 0 Å². The molecule has 0 spiro atoms. The molecule has 3 saturated heterocycles. The Balaban J connectivity index is 1.04. The molecule has 3 aliphatic carbocycles. The van der Waals surface area contributed by atoms with Crippen molar-refractivity contribution in [2.24, 2.45) is 17.8 Å². The molecule has 8 rings (SSSR count). The zero-order chi connectivity index (χ0) is 32.8.